The molecule has 1 aromatic rings. The van der Waals surface area contributed by atoms with E-state index in [-0.39, 0.29) is 5.82 Å². The molecule has 3 N–H and O–H groups in total. The fourth-order valence-corrected chi connectivity index (χ4v) is 2.67. The van der Waals surface area contributed by atoms with E-state index in [0.29, 0.717) is 18.0 Å². The summed E-state index contributed by atoms with van der Waals surface area (Å²) in [6, 6.07) is 7.64. The smallest absolute Gasteiger partial charge is 0.475 e. The van der Waals surface area contributed by atoms with Crippen molar-refractivity contribution in [2.75, 3.05) is 11.9 Å². The molecule has 0 amide bonds. The average molecular weight is 364 g/mol. The zero-order chi connectivity index (χ0) is 19.0. The van der Waals surface area contributed by atoms with Crippen molar-refractivity contribution in [1.82, 2.24) is 5.32 Å². The van der Waals surface area contributed by atoms with E-state index < -0.39 is 12.1 Å². The van der Waals surface area contributed by atoms with E-state index in [9.17, 15) is 17.6 Å². The molecular formula is C17H24F4N2O2. The Morgan fingerprint density at radius 2 is 2.04 bits per heavy atom. The van der Waals surface area contributed by atoms with Crippen molar-refractivity contribution in [2.45, 2.75) is 51.4 Å². The second-order valence-electron chi connectivity index (χ2n) is 6.40. The molecule has 0 spiro atoms. The van der Waals surface area contributed by atoms with Gasteiger partial charge in [0, 0.05) is 17.8 Å². The minimum Gasteiger partial charge on any atom is -0.475 e. The van der Waals surface area contributed by atoms with Gasteiger partial charge in [-0.25, -0.2) is 9.18 Å². The number of carboxylic acids is 1. The Hall–Kier alpha value is -1.83. The van der Waals surface area contributed by atoms with Gasteiger partial charge >= 0.3 is 12.1 Å². The minimum atomic E-state index is -5.08. The number of hydrogen-bond donors (Lipinski definition) is 3. The van der Waals surface area contributed by atoms with Crippen LogP contribution in [-0.4, -0.2) is 35.9 Å². The summed E-state index contributed by atoms with van der Waals surface area (Å²) in [6.07, 6.45) is -1.59. The fraction of sp³-hybridized carbons (Fsp3) is 0.588. The number of nitrogens with one attached hydrogen (secondary N) is 2. The highest BCUT2D eigenvalue weighted by molar-refractivity contribution is 5.73. The first-order chi connectivity index (χ1) is 11.6. The van der Waals surface area contributed by atoms with Crippen LogP contribution < -0.4 is 10.6 Å². The molecule has 142 valence electrons. The molecule has 2 rings (SSSR count). The third-order valence-corrected chi connectivity index (χ3v) is 3.73. The number of halogens is 4. The SMILES string of the molecule is CC(C)C[C@H]1NCCC[C@H]1Nc1cccc(F)c1.O=C(O)C(F)(F)F. The third-order valence-electron chi connectivity index (χ3n) is 3.73. The highest BCUT2D eigenvalue weighted by Crippen LogP contribution is 2.20. The first-order valence-corrected chi connectivity index (χ1v) is 8.15. The molecule has 25 heavy (non-hydrogen) atoms. The molecule has 0 saturated carbocycles. The number of benzene rings is 1. The number of carboxylic acid groups (broad SMARTS) is 1. The van der Waals surface area contributed by atoms with Crippen LogP contribution in [-0.2, 0) is 4.79 Å². The van der Waals surface area contributed by atoms with Gasteiger partial charge in [0.25, 0.3) is 0 Å². The standard InChI is InChI=1S/C15H23FN2.C2HF3O2/c1-11(2)9-15-14(7-4-8-17-15)18-13-6-3-5-12(16)10-13;3-2(4,5)1(6)7/h3,5-6,10-11,14-15,17-18H,4,7-9H2,1-2H3;(H,6,7)/t14-,15-;/m1./s1. The Kier molecular flexibility index (Phi) is 8.15. The molecule has 1 saturated heterocycles. The Morgan fingerprint density at radius 3 is 2.56 bits per heavy atom. The molecule has 1 aliphatic rings. The summed E-state index contributed by atoms with van der Waals surface area (Å²) >= 11 is 0. The molecule has 0 radical (unpaired) electrons. The van der Waals surface area contributed by atoms with Crippen LogP contribution in [0.15, 0.2) is 24.3 Å². The lowest BCUT2D eigenvalue weighted by molar-refractivity contribution is -0.192. The summed E-state index contributed by atoms with van der Waals surface area (Å²) in [5, 5.41) is 14.2. The summed E-state index contributed by atoms with van der Waals surface area (Å²) in [5.41, 5.74) is 0.887. The molecule has 0 bridgehead atoms. The second-order valence-corrected chi connectivity index (χ2v) is 6.40. The highest BCUT2D eigenvalue weighted by Gasteiger charge is 2.38. The largest absolute Gasteiger partial charge is 0.490 e. The van der Waals surface area contributed by atoms with Gasteiger partial charge < -0.3 is 15.7 Å². The highest BCUT2D eigenvalue weighted by atomic mass is 19.4. The Morgan fingerprint density at radius 1 is 1.40 bits per heavy atom. The van der Waals surface area contributed by atoms with Gasteiger partial charge in [-0.05, 0) is 49.9 Å². The van der Waals surface area contributed by atoms with E-state index in [1.807, 2.05) is 6.07 Å². The lowest BCUT2D eigenvalue weighted by Gasteiger charge is -2.35. The summed E-state index contributed by atoms with van der Waals surface area (Å²) in [4.78, 5) is 8.90. The van der Waals surface area contributed by atoms with Crippen molar-refractivity contribution in [2.24, 2.45) is 5.92 Å². The predicted molar refractivity (Wildman–Crippen MR) is 88.0 cm³/mol. The van der Waals surface area contributed by atoms with Gasteiger partial charge in [-0.1, -0.05) is 19.9 Å². The molecule has 1 aromatic carbocycles. The summed E-state index contributed by atoms with van der Waals surface area (Å²) < 4.78 is 44.9. The molecule has 2 atom stereocenters. The summed E-state index contributed by atoms with van der Waals surface area (Å²) in [5.74, 6) is -2.26. The zero-order valence-corrected chi connectivity index (χ0v) is 14.2. The minimum absolute atomic E-state index is 0.177. The van der Waals surface area contributed by atoms with Crippen LogP contribution in [0.3, 0.4) is 0 Å². The molecule has 0 aromatic heterocycles. The molecule has 0 unspecified atom stereocenters. The van der Waals surface area contributed by atoms with Crippen molar-refractivity contribution in [3.63, 3.8) is 0 Å². The van der Waals surface area contributed by atoms with Crippen LogP contribution in [0.2, 0.25) is 0 Å². The normalized spacial score (nSPS) is 20.6. The molecule has 0 aliphatic carbocycles. The molecule has 1 aliphatic heterocycles. The number of carbonyl (C=O) groups is 1. The van der Waals surface area contributed by atoms with Gasteiger partial charge in [0.1, 0.15) is 5.82 Å². The van der Waals surface area contributed by atoms with E-state index in [1.165, 1.54) is 12.5 Å². The second kappa shape index (κ2) is 9.60. The number of rotatable bonds is 4. The van der Waals surface area contributed by atoms with Crippen LogP contribution >= 0.6 is 0 Å². The first kappa shape index (κ1) is 21.2. The van der Waals surface area contributed by atoms with Gasteiger partial charge in [0.05, 0.1) is 0 Å². The van der Waals surface area contributed by atoms with E-state index in [4.69, 9.17) is 9.90 Å². The lowest BCUT2D eigenvalue weighted by atomic mass is 9.91. The van der Waals surface area contributed by atoms with E-state index in [1.54, 1.807) is 12.1 Å². The van der Waals surface area contributed by atoms with Crippen molar-refractivity contribution in [3.8, 4) is 0 Å². The van der Waals surface area contributed by atoms with Gasteiger partial charge in [0.2, 0.25) is 0 Å². The summed E-state index contributed by atoms with van der Waals surface area (Å²) in [6.45, 7) is 5.59. The van der Waals surface area contributed by atoms with Crippen LogP contribution in [0.4, 0.5) is 23.2 Å². The van der Waals surface area contributed by atoms with E-state index in [0.717, 1.165) is 25.1 Å². The summed E-state index contributed by atoms with van der Waals surface area (Å²) in [7, 11) is 0. The molecule has 8 heteroatoms. The maximum atomic E-state index is 13.2. The van der Waals surface area contributed by atoms with Crippen molar-refractivity contribution < 1.29 is 27.5 Å². The lowest BCUT2D eigenvalue weighted by Crippen LogP contribution is -2.49. The Bertz CT molecular complexity index is 550. The van der Waals surface area contributed by atoms with Crippen LogP contribution in [0, 0.1) is 11.7 Å². The third kappa shape index (κ3) is 8.20. The number of aliphatic carboxylic acids is 1. The van der Waals surface area contributed by atoms with Crippen molar-refractivity contribution in [3.05, 3.63) is 30.1 Å². The number of piperidine rings is 1. The molecule has 1 fully saturated rings. The van der Waals surface area contributed by atoms with Crippen LogP contribution in [0.1, 0.15) is 33.1 Å². The zero-order valence-electron chi connectivity index (χ0n) is 14.2. The van der Waals surface area contributed by atoms with E-state index in [2.05, 4.69) is 24.5 Å². The predicted octanol–water partition coefficient (Wildman–Crippen LogP) is 4.04. The topological polar surface area (TPSA) is 61.4 Å². The fourth-order valence-electron chi connectivity index (χ4n) is 2.67. The van der Waals surface area contributed by atoms with Gasteiger partial charge in [0.15, 0.2) is 0 Å². The maximum absolute atomic E-state index is 13.2. The van der Waals surface area contributed by atoms with Crippen LogP contribution in [0.5, 0.6) is 0 Å². The molecule has 4 nitrogen and oxygen atoms in total. The first-order valence-electron chi connectivity index (χ1n) is 8.15. The Balaban J connectivity index is 0.000000381. The van der Waals surface area contributed by atoms with Gasteiger partial charge in [-0.15, -0.1) is 0 Å². The average Bonchev–Trinajstić information content (AvgIpc) is 2.48. The maximum Gasteiger partial charge on any atom is 0.490 e. The number of alkyl halides is 3. The Labute approximate surface area is 144 Å². The monoisotopic (exact) mass is 364 g/mol. The van der Waals surface area contributed by atoms with Crippen molar-refractivity contribution >= 4 is 11.7 Å². The van der Waals surface area contributed by atoms with E-state index >= 15 is 0 Å². The quantitative estimate of drug-likeness (QED) is 0.706. The van der Waals surface area contributed by atoms with Crippen LogP contribution in [0.25, 0.3) is 0 Å². The molecular weight excluding hydrogens is 340 g/mol. The van der Waals surface area contributed by atoms with Gasteiger partial charge in [-0.3, -0.25) is 0 Å². The molecule has 1 heterocycles. The number of anilines is 1. The van der Waals surface area contributed by atoms with Crippen molar-refractivity contribution in [1.29, 1.82) is 0 Å². The van der Waals surface area contributed by atoms with Gasteiger partial charge in [-0.2, -0.15) is 13.2 Å². The number of hydrogen-bond acceptors (Lipinski definition) is 3.